The highest BCUT2D eigenvalue weighted by Crippen LogP contribution is 2.43. The Bertz CT molecular complexity index is 1790. The number of benzene rings is 3. The summed E-state index contributed by atoms with van der Waals surface area (Å²) in [6, 6.07) is 18.2. The number of fused-ring (bicyclic) bond motifs is 2. The third-order valence-corrected chi connectivity index (χ3v) is 8.64. The zero-order valence-corrected chi connectivity index (χ0v) is 25.7. The third-order valence-electron chi connectivity index (χ3n) is 8.64. The molecule has 3 heterocycles. The highest BCUT2D eigenvalue weighted by molar-refractivity contribution is 5.35. The van der Waals surface area contributed by atoms with E-state index < -0.39 is 46.5 Å². The van der Waals surface area contributed by atoms with Crippen LogP contribution in [0, 0.1) is 11.6 Å². The molecular formula is C35H36F5N3O3. The first-order valence-electron chi connectivity index (χ1n) is 15.4. The summed E-state index contributed by atoms with van der Waals surface area (Å²) < 4.78 is 78.7. The molecule has 6 rings (SSSR count). The van der Waals surface area contributed by atoms with Crippen molar-refractivity contribution in [1.82, 2.24) is 14.0 Å². The van der Waals surface area contributed by atoms with Crippen LogP contribution in [0.25, 0.3) is 0 Å². The Morgan fingerprint density at radius 3 is 2.17 bits per heavy atom. The molecule has 1 aromatic heterocycles. The molecule has 1 fully saturated rings. The van der Waals surface area contributed by atoms with E-state index in [9.17, 15) is 31.5 Å². The monoisotopic (exact) mass is 641 g/mol. The van der Waals surface area contributed by atoms with E-state index in [1.54, 1.807) is 6.07 Å². The fourth-order valence-electron chi connectivity index (χ4n) is 6.38. The third kappa shape index (κ3) is 6.71. The van der Waals surface area contributed by atoms with Crippen LogP contribution in [0.3, 0.4) is 0 Å². The van der Waals surface area contributed by atoms with E-state index >= 15 is 0 Å². The van der Waals surface area contributed by atoms with Gasteiger partial charge in [-0.2, -0.15) is 13.2 Å². The molecule has 0 amide bonds. The predicted octanol–water partition coefficient (Wildman–Crippen LogP) is 6.65. The smallest absolute Gasteiger partial charge is 0.364 e. The van der Waals surface area contributed by atoms with Gasteiger partial charge in [0.1, 0.15) is 17.2 Å². The van der Waals surface area contributed by atoms with Crippen LogP contribution in [0.2, 0.25) is 0 Å². The lowest BCUT2D eigenvalue weighted by atomic mass is 9.85. The molecule has 46 heavy (non-hydrogen) atoms. The van der Waals surface area contributed by atoms with Crippen molar-refractivity contribution in [3.63, 3.8) is 0 Å². The topological polar surface area (TPSA) is 56.5 Å². The Balaban J connectivity index is 0.00000204. The lowest BCUT2D eigenvalue weighted by Crippen LogP contribution is -2.49. The van der Waals surface area contributed by atoms with Crippen LogP contribution in [0.15, 0.2) is 82.4 Å². The molecule has 0 saturated carbocycles. The summed E-state index contributed by atoms with van der Waals surface area (Å²) in [5.74, 6) is -1.43. The highest BCUT2D eigenvalue weighted by atomic mass is 19.4. The molecule has 0 radical (unpaired) electrons. The zero-order chi connectivity index (χ0) is 33.1. The van der Waals surface area contributed by atoms with Gasteiger partial charge in [-0.1, -0.05) is 62.4 Å². The van der Waals surface area contributed by atoms with Crippen molar-refractivity contribution >= 4 is 0 Å². The molecule has 11 heteroatoms. The van der Waals surface area contributed by atoms with E-state index in [-0.39, 0.29) is 30.2 Å². The van der Waals surface area contributed by atoms with Gasteiger partial charge in [-0.25, -0.2) is 13.6 Å². The molecule has 3 aromatic carbocycles. The molecule has 1 saturated heterocycles. The van der Waals surface area contributed by atoms with Crippen LogP contribution in [-0.2, 0) is 49.2 Å². The number of likely N-dealkylation sites (tertiary alicyclic amines) is 1. The first kappa shape index (κ1) is 33.3. The predicted molar refractivity (Wildman–Crippen MR) is 164 cm³/mol. The Kier molecular flexibility index (Phi) is 9.93. The minimum absolute atomic E-state index is 0.0138. The van der Waals surface area contributed by atoms with E-state index in [0.29, 0.717) is 38.9 Å². The first-order chi connectivity index (χ1) is 22.1. The first-order valence-corrected chi connectivity index (χ1v) is 15.4. The van der Waals surface area contributed by atoms with Gasteiger partial charge in [0.05, 0.1) is 30.0 Å². The molecule has 0 aliphatic carbocycles. The number of rotatable bonds is 7. The average molecular weight is 642 g/mol. The Morgan fingerprint density at radius 1 is 0.826 bits per heavy atom. The van der Waals surface area contributed by atoms with Gasteiger partial charge in [0.15, 0.2) is 0 Å². The van der Waals surface area contributed by atoms with E-state index in [1.807, 2.05) is 50.2 Å². The summed E-state index contributed by atoms with van der Waals surface area (Å²) in [7, 11) is 0. The second kappa shape index (κ2) is 13.7. The van der Waals surface area contributed by atoms with Crippen LogP contribution in [-0.4, -0.2) is 27.1 Å². The van der Waals surface area contributed by atoms with Crippen molar-refractivity contribution in [1.29, 1.82) is 0 Å². The Labute approximate surface area is 263 Å². The molecule has 4 aromatic rings. The summed E-state index contributed by atoms with van der Waals surface area (Å²) in [5.41, 5.74) is -2.19. The van der Waals surface area contributed by atoms with Crippen molar-refractivity contribution in [2.24, 2.45) is 0 Å². The van der Waals surface area contributed by atoms with E-state index in [2.05, 4.69) is 4.90 Å². The van der Waals surface area contributed by atoms with Crippen LogP contribution >= 0.6 is 0 Å². The summed E-state index contributed by atoms with van der Waals surface area (Å²) in [6.45, 7) is 4.61. The Hall–Kier alpha value is -4.09. The van der Waals surface area contributed by atoms with Crippen molar-refractivity contribution < 1.29 is 26.7 Å². The van der Waals surface area contributed by atoms with Gasteiger partial charge in [-0.3, -0.25) is 18.8 Å². The maximum absolute atomic E-state index is 14.9. The number of piperidine rings is 1. The maximum Gasteiger partial charge on any atom is 0.416 e. The van der Waals surface area contributed by atoms with Crippen molar-refractivity contribution in [2.45, 2.75) is 71.1 Å². The van der Waals surface area contributed by atoms with Crippen LogP contribution < -0.4 is 11.2 Å². The number of hydrogen-bond acceptors (Lipinski definition) is 4. The number of aromatic nitrogens is 2. The highest BCUT2D eigenvalue weighted by Gasteiger charge is 2.47. The van der Waals surface area contributed by atoms with E-state index in [4.69, 9.17) is 4.74 Å². The van der Waals surface area contributed by atoms with Crippen molar-refractivity contribution in [3.8, 4) is 0 Å². The lowest BCUT2D eigenvalue weighted by Gasteiger charge is -2.39. The number of alkyl halides is 3. The standard InChI is InChI=1S/C33H30F5N3O3.C2H6/c34-24-9-4-8-23(18-24)19-39-16-13-32(14-17-39)29-28(21-44-32)41(20-25-26(33(36,37)38)10-5-11-27(25)35)31(43)40(30(29)42)15-12-22-6-2-1-3-7-22;1-2/h1-11,18H,12-17,19-21H2;1-2H3. The van der Waals surface area contributed by atoms with Gasteiger partial charge in [0.2, 0.25) is 0 Å². The quantitative estimate of drug-likeness (QED) is 0.212. The summed E-state index contributed by atoms with van der Waals surface area (Å²) in [4.78, 5) is 30.0. The molecule has 0 N–H and O–H groups in total. The molecule has 244 valence electrons. The second-order valence-electron chi connectivity index (χ2n) is 11.3. The molecule has 2 aliphatic rings. The number of nitrogens with zero attached hydrogens (tertiary/aromatic N) is 3. The number of ether oxygens (including phenoxy) is 1. The lowest BCUT2D eigenvalue weighted by molar-refractivity contribution is -0.138. The van der Waals surface area contributed by atoms with Crippen LogP contribution in [0.4, 0.5) is 22.0 Å². The van der Waals surface area contributed by atoms with Gasteiger partial charge < -0.3 is 4.74 Å². The van der Waals surface area contributed by atoms with Gasteiger partial charge in [0.25, 0.3) is 5.56 Å². The summed E-state index contributed by atoms with van der Waals surface area (Å²) >= 11 is 0. The van der Waals surface area contributed by atoms with E-state index in [0.717, 1.165) is 38.5 Å². The zero-order valence-electron chi connectivity index (χ0n) is 25.7. The maximum atomic E-state index is 14.9. The fourth-order valence-corrected chi connectivity index (χ4v) is 6.38. The summed E-state index contributed by atoms with van der Waals surface area (Å²) in [6.07, 6.45) is -3.75. The second-order valence-corrected chi connectivity index (χ2v) is 11.3. The minimum atomic E-state index is -4.85. The van der Waals surface area contributed by atoms with Gasteiger partial charge in [0, 0.05) is 31.7 Å². The molecule has 0 atom stereocenters. The van der Waals surface area contributed by atoms with Gasteiger partial charge in [-0.15, -0.1) is 0 Å². The van der Waals surface area contributed by atoms with Crippen LogP contribution in [0.5, 0.6) is 0 Å². The summed E-state index contributed by atoms with van der Waals surface area (Å²) in [5, 5.41) is 0. The molecular weight excluding hydrogens is 605 g/mol. The SMILES string of the molecule is CC.O=c1c2c(n(Cc3c(F)cccc3C(F)(F)F)c(=O)n1CCc1ccccc1)COC21CCN(Cc2cccc(F)c2)CC1. The van der Waals surface area contributed by atoms with Crippen molar-refractivity contribution in [2.75, 3.05) is 13.1 Å². The van der Waals surface area contributed by atoms with E-state index in [1.165, 1.54) is 12.1 Å². The minimum Gasteiger partial charge on any atom is -0.364 e. The van der Waals surface area contributed by atoms with Crippen molar-refractivity contribution in [3.05, 3.63) is 139 Å². The van der Waals surface area contributed by atoms with Gasteiger partial charge in [-0.05, 0) is 54.7 Å². The molecule has 1 spiro atoms. The largest absolute Gasteiger partial charge is 0.416 e. The molecule has 0 unspecified atom stereocenters. The fraction of sp³-hybridized carbons (Fsp3) is 0.371. The molecule has 0 bridgehead atoms. The number of halogens is 5. The number of aryl methyl sites for hydroxylation is 1. The molecule has 6 nitrogen and oxygen atoms in total. The average Bonchev–Trinajstić information content (AvgIpc) is 3.40. The Morgan fingerprint density at radius 2 is 1.50 bits per heavy atom. The number of hydrogen-bond donors (Lipinski definition) is 0. The molecule has 2 aliphatic heterocycles. The normalized spacial score (nSPS) is 15.8. The van der Waals surface area contributed by atoms with Crippen LogP contribution in [0.1, 0.15) is 60.2 Å². The van der Waals surface area contributed by atoms with Gasteiger partial charge >= 0.3 is 11.9 Å².